The zero-order valence-electron chi connectivity index (χ0n) is 7.85. The van der Waals surface area contributed by atoms with Crippen molar-refractivity contribution < 1.29 is 14.3 Å². The molecule has 2 N–H and O–H groups in total. The van der Waals surface area contributed by atoms with Crippen LogP contribution in [0, 0.1) is 5.82 Å². The molecule has 5 nitrogen and oxygen atoms in total. The van der Waals surface area contributed by atoms with E-state index >= 15 is 0 Å². The second kappa shape index (κ2) is 4.31. The van der Waals surface area contributed by atoms with Crippen molar-refractivity contribution in [3.05, 3.63) is 35.9 Å². The molecule has 2 aromatic rings. The molecule has 0 aliphatic heterocycles. The molecule has 0 radical (unpaired) electrons. The summed E-state index contributed by atoms with van der Waals surface area (Å²) >= 11 is 1.01. The number of carboxylic acids is 1. The Kier molecular flexibility index (Phi) is 2.86. The zero-order valence-corrected chi connectivity index (χ0v) is 8.66. The van der Waals surface area contributed by atoms with Gasteiger partial charge < -0.3 is 5.11 Å². The highest BCUT2D eigenvalue weighted by atomic mass is 32.2. The summed E-state index contributed by atoms with van der Waals surface area (Å²) < 4.78 is 13.3. The Labute approximate surface area is 93.7 Å². The third-order valence-electron chi connectivity index (χ3n) is 1.79. The predicted octanol–water partition coefficient (Wildman–Crippen LogP) is 1.79. The fourth-order valence-electron chi connectivity index (χ4n) is 1.14. The zero-order chi connectivity index (χ0) is 11.5. The number of benzene rings is 1. The molecule has 0 bridgehead atoms. The van der Waals surface area contributed by atoms with E-state index in [0.29, 0.717) is 5.16 Å². The Morgan fingerprint density at radius 3 is 2.94 bits per heavy atom. The van der Waals surface area contributed by atoms with E-state index in [2.05, 4.69) is 15.2 Å². The Morgan fingerprint density at radius 1 is 1.50 bits per heavy atom. The first-order valence-electron chi connectivity index (χ1n) is 4.23. The van der Waals surface area contributed by atoms with Gasteiger partial charge in [0.25, 0.3) is 0 Å². The molecule has 1 heterocycles. The van der Waals surface area contributed by atoms with E-state index in [9.17, 15) is 9.18 Å². The maximum Gasteiger partial charge on any atom is 0.339 e. The van der Waals surface area contributed by atoms with Gasteiger partial charge in [0.05, 0.1) is 0 Å². The summed E-state index contributed by atoms with van der Waals surface area (Å²) in [6, 6.07) is 4.06. The summed E-state index contributed by atoms with van der Waals surface area (Å²) in [4.78, 5) is 15.0. The number of rotatable bonds is 3. The minimum Gasteiger partial charge on any atom is -0.478 e. The van der Waals surface area contributed by atoms with Crippen LogP contribution in [-0.4, -0.2) is 26.3 Å². The van der Waals surface area contributed by atoms with Crippen LogP contribution in [0.15, 0.2) is 34.6 Å². The number of carbonyl (C=O) groups is 1. The smallest absolute Gasteiger partial charge is 0.339 e. The van der Waals surface area contributed by atoms with Crippen LogP contribution in [0.5, 0.6) is 0 Å². The molecule has 16 heavy (non-hydrogen) atoms. The highest BCUT2D eigenvalue weighted by Crippen LogP contribution is 2.28. The number of hydrogen-bond acceptors (Lipinski definition) is 4. The fraction of sp³-hybridized carbons (Fsp3) is 0. The lowest BCUT2D eigenvalue weighted by atomic mass is 10.2. The van der Waals surface area contributed by atoms with Crippen molar-refractivity contribution in [2.75, 3.05) is 0 Å². The van der Waals surface area contributed by atoms with Gasteiger partial charge in [0, 0.05) is 4.90 Å². The van der Waals surface area contributed by atoms with Crippen LogP contribution in [0.1, 0.15) is 10.4 Å². The summed E-state index contributed by atoms with van der Waals surface area (Å²) in [6.07, 6.45) is 1.29. The maximum atomic E-state index is 13.3. The van der Waals surface area contributed by atoms with Gasteiger partial charge in [-0.2, -0.15) is 5.10 Å². The molecular formula is C9H6FN3O2S. The summed E-state index contributed by atoms with van der Waals surface area (Å²) in [5.74, 6) is -2.07. The Hall–Kier alpha value is -1.89. The molecule has 7 heteroatoms. The minimum absolute atomic E-state index is 0.282. The van der Waals surface area contributed by atoms with Gasteiger partial charge in [0.2, 0.25) is 0 Å². The summed E-state index contributed by atoms with van der Waals surface area (Å²) in [7, 11) is 0. The van der Waals surface area contributed by atoms with Crippen molar-refractivity contribution >= 4 is 17.7 Å². The molecule has 0 unspecified atom stereocenters. The van der Waals surface area contributed by atoms with Gasteiger partial charge in [-0.25, -0.2) is 14.2 Å². The first-order valence-corrected chi connectivity index (χ1v) is 5.05. The van der Waals surface area contributed by atoms with E-state index in [1.807, 2.05) is 0 Å². The SMILES string of the molecule is O=C(O)c1c(F)cccc1Sc1ncn[nH]1. The van der Waals surface area contributed by atoms with Crippen molar-refractivity contribution in [3.8, 4) is 0 Å². The van der Waals surface area contributed by atoms with Crippen LogP contribution in [-0.2, 0) is 0 Å². The van der Waals surface area contributed by atoms with E-state index in [1.54, 1.807) is 0 Å². The molecule has 0 fully saturated rings. The summed E-state index contributed by atoms with van der Waals surface area (Å²) in [5.41, 5.74) is -0.357. The lowest BCUT2D eigenvalue weighted by Gasteiger charge is -2.03. The van der Waals surface area contributed by atoms with Gasteiger partial charge in [0.15, 0.2) is 5.16 Å². The van der Waals surface area contributed by atoms with Crippen molar-refractivity contribution in [1.29, 1.82) is 0 Å². The topological polar surface area (TPSA) is 78.9 Å². The third kappa shape index (κ3) is 2.03. The number of nitrogens with one attached hydrogen (secondary N) is 1. The molecule has 0 aliphatic rings. The van der Waals surface area contributed by atoms with Gasteiger partial charge >= 0.3 is 5.97 Å². The van der Waals surface area contributed by atoms with Crippen molar-refractivity contribution in [2.45, 2.75) is 10.1 Å². The average molecular weight is 239 g/mol. The maximum absolute atomic E-state index is 13.3. The number of aromatic carboxylic acids is 1. The quantitative estimate of drug-likeness (QED) is 0.853. The molecule has 82 valence electrons. The molecule has 0 atom stereocenters. The number of hydrogen-bond donors (Lipinski definition) is 2. The predicted molar refractivity (Wildman–Crippen MR) is 53.9 cm³/mol. The number of carboxylic acid groups (broad SMARTS) is 1. The fourth-order valence-corrected chi connectivity index (χ4v) is 1.98. The standard InChI is InChI=1S/C9H6FN3O2S/c10-5-2-1-3-6(7(5)8(14)15)16-9-11-4-12-13-9/h1-4H,(H,14,15)(H,11,12,13). The van der Waals surface area contributed by atoms with Crippen molar-refractivity contribution in [1.82, 2.24) is 15.2 Å². The number of aromatic nitrogens is 3. The molecule has 0 spiro atoms. The molecule has 1 aromatic carbocycles. The van der Waals surface area contributed by atoms with Crippen LogP contribution < -0.4 is 0 Å². The van der Waals surface area contributed by atoms with Gasteiger partial charge in [-0.05, 0) is 23.9 Å². The molecule has 0 amide bonds. The number of H-pyrrole nitrogens is 1. The lowest BCUT2D eigenvalue weighted by Crippen LogP contribution is -2.02. The largest absolute Gasteiger partial charge is 0.478 e. The number of halogens is 1. The first-order chi connectivity index (χ1) is 7.68. The van der Waals surface area contributed by atoms with Gasteiger partial charge in [0.1, 0.15) is 17.7 Å². The average Bonchev–Trinajstić information content (AvgIpc) is 2.70. The highest BCUT2D eigenvalue weighted by Gasteiger charge is 2.16. The van der Waals surface area contributed by atoms with E-state index < -0.39 is 11.8 Å². The number of nitrogens with zero attached hydrogens (tertiary/aromatic N) is 2. The van der Waals surface area contributed by atoms with E-state index in [-0.39, 0.29) is 10.5 Å². The second-order valence-electron chi connectivity index (χ2n) is 2.81. The Morgan fingerprint density at radius 2 is 2.31 bits per heavy atom. The van der Waals surface area contributed by atoms with Crippen molar-refractivity contribution in [3.63, 3.8) is 0 Å². The summed E-state index contributed by atoms with van der Waals surface area (Å²) in [6.45, 7) is 0. The molecule has 1 aromatic heterocycles. The Balaban J connectivity index is 2.40. The second-order valence-corrected chi connectivity index (χ2v) is 3.84. The monoisotopic (exact) mass is 239 g/mol. The molecule has 0 saturated heterocycles. The van der Waals surface area contributed by atoms with Crippen LogP contribution in [0.2, 0.25) is 0 Å². The highest BCUT2D eigenvalue weighted by molar-refractivity contribution is 7.99. The third-order valence-corrected chi connectivity index (χ3v) is 2.74. The van der Waals surface area contributed by atoms with Gasteiger partial charge in [-0.3, -0.25) is 5.10 Å². The van der Waals surface area contributed by atoms with Crippen LogP contribution in [0.25, 0.3) is 0 Å². The van der Waals surface area contributed by atoms with Gasteiger partial charge in [-0.15, -0.1) is 0 Å². The van der Waals surface area contributed by atoms with E-state index in [4.69, 9.17) is 5.11 Å². The van der Waals surface area contributed by atoms with Crippen LogP contribution >= 0.6 is 11.8 Å². The van der Waals surface area contributed by atoms with E-state index in [1.165, 1.54) is 18.5 Å². The normalized spacial score (nSPS) is 10.3. The van der Waals surface area contributed by atoms with Gasteiger partial charge in [-0.1, -0.05) is 6.07 Å². The molecular weight excluding hydrogens is 233 g/mol. The van der Waals surface area contributed by atoms with Crippen LogP contribution in [0.4, 0.5) is 4.39 Å². The lowest BCUT2D eigenvalue weighted by molar-refractivity contribution is 0.0688. The molecule has 2 rings (SSSR count). The molecule has 0 aliphatic carbocycles. The first kappa shape index (κ1) is 10.6. The number of aromatic amines is 1. The minimum atomic E-state index is -1.31. The van der Waals surface area contributed by atoms with E-state index in [0.717, 1.165) is 17.8 Å². The van der Waals surface area contributed by atoms with Crippen LogP contribution in [0.3, 0.4) is 0 Å². The van der Waals surface area contributed by atoms with Crippen molar-refractivity contribution in [2.24, 2.45) is 0 Å². The Bertz CT molecular complexity index is 515. The summed E-state index contributed by atoms with van der Waals surface area (Å²) in [5, 5.41) is 15.5. The molecule has 0 saturated carbocycles.